The van der Waals surface area contributed by atoms with Crippen molar-refractivity contribution in [2.24, 2.45) is 0 Å². The first-order valence-electron chi connectivity index (χ1n) is 13.6. The Hall–Kier alpha value is -2.98. The lowest BCUT2D eigenvalue weighted by atomic mass is 9.73. The molecule has 0 bridgehead atoms. The lowest BCUT2D eigenvalue weighted by Gasteiger charge is -2.46. The van der Waals surface area contributed by atoms with Gasteiger partial charge in [-0.25, -0.2) is 9.97 Å². The van der Waals surface area contributed by atoms with E-state index in [9.17, 15) is 0 Å². The Morgan fingerprint density at radius 2 is 1.92 bits per heavy atom. The van der Waals surface area contributed by atoms with E-state index in [0.717, 1.165) is 53.8 Å². The van der Waals surface area contributed by atoms with E-state index in [0.29, 0.717) is 37.3 Å². The molecule has 3 aromatic rings. The zero-order valence-corrected chi connectivity index (χ0v) is 23.8. The second-order valence-corrected chi connectivity index (χ2v) is 11.8. The molecule has 2 atom stereocenters. The number of morpholine rings is 1. The fraction of sp³-hybridized carbons (Fsp3) is 0.483. The molecule has 2 fully saturated rings. The largest absolute Gasteiger partial charge is 0.378 e. The molecule has 0 aliphatic carbocycles. The van der Waals surface area contributed by atoms with Crippen molar-refractivity contribution in [1.29, 1.82) is 0 Å². The average Bonchev–Trinajstić information content (AvgIpc) is 3.16. The molecule has 0 amide bonds. The summed E-state index contributed by atoms with van der Waals surface area (Å²) in [5.41, 5.74) is 3.41. The van der Waals surface area contributed by atoms with Crippen LogP contribution in [0.3, 0.4) is 0 Å². The summed E-state index contributed by atoms with van der Waals surface area (Å²) >= 11 is 6.70. The summed E-state index contributed by atoms with van der Waals surface area (Å²) in [6, 6.07) is 12.3. The molecule has 206 valence electrons. The molecular weight excluding hydrogens is 514 g/mol. The predicted molar refractivity (Wildman–Crippen MR) is 155 cm³/mol. The van der Waals surface area contributed by atoms with Gasteiger partial charge in [0.2, 0.25) is 5.95 Å². The Labute approximate surface area is 234 Å². The maximum Gasteiger partial charge on any atom is 0.229 e. The van der Waals surface area contributed by atoms with Gasteiger partial charge in [0.05, 0.1) is 47.9 Å². The van der Waals surface area contributed by atoms with E-state index in [2.05, 4.69) is 53.3 Å². The third-order valence-corrected chi connectivity index (χ3v) is 8.36. The fourth-order valence-electron chi connectivity index (χ4n) is 5.92. The number of hydrogen-bond donors (Lipinski definition) is 2. The highest BCUT2D eigenvalue weighted by atomic mass is 35.5. The van der Waals surface area contributed by atoms with E-state index < -0.39 is 0 Å². The van der Waals surface area contributed by atoms with E-state index in [-0.39, 0.29) is 17.1 Å². The zero-order chi connectivity index (χ0) is 27.2. The molecule has 2 saturated heterocycles. The monoisotopic (exact) mass is 549 g/mol. The predicted octanol–water partition coefficient (Wildman–Crippen LogP) is 4.80. The zero-order valence-electron chi connectivity index (χ0n) is 23.0. The van der Waals surface area contributed by atoms with E-state index in [4.69, 9.17) is 36.0 Å². The number of hydrogen-bond acceptors (Lipinski definition) is 9. The molecule has 3 aliphatic rings. The molecule has 2 unspecified atom stereocenters. The quantitative estimate of drug-likeness (QED) is 0.450. The average molecular weight is 550 g/mol. The van der Waals surface area contributed by atoms with E-state index in [1.807, 2.05) is 37.5 Å². The van der Waals surface area contributed by atoms with Crippen LogP contribution in [0.1, 0.15) is 38.4 Å². The SMILES string of the molecule is CNCc1cccc(N2c3nc(Nc4ccc(N5CCOCC5)c(Cl)c4)ncc3C3(C)COC(C)(C)CC23)n1. The molecule has 2 N–H and O–H groups in total. The lowest BCUT2D eigenvalue weighted by Crippen LogP contribution is -2.54. The number of fused-ring (bicyclic) bond motifs is 3. The molecule has 10 heteroatoms. The van der Waals surface area contributed by atoms with Crippen LogP contribution in [0.4, 0.5) is 29.0 Å². The van der Waals surface area contributed by atoms with Crippen molar-refractivity contribution >= 4 is 40.6 Å². The molecule has 1 aromatic carbocycles. The molecule has 9 nitrogen and oxygen atoms in total. The number of aromatic nitrogens is 3. The van der Waals surface area contributed by atoms with Gasteiger partial charge in [0.25, 0.3) is 0 Å². The molecule has 6 rings (SSSR count). The van der Waals surface area contributed by atoms with Crippen LogP contribution < -0.4 is 20.4 Å². The van der Waals surface area contributed by atoms with Crippen LogP contribution in [-0.4, -0.2) is 66.6 Å². The molecule has 39 heavy (non-hydrogen) atoms. The second-order valence-electron chi connectivity index (χ2n) is 11.4. The normalized spacial score (nSPS) is 23.9. The third kappa shape index (κ3) is 4.93. The third-order valence-electron chi connectivity index (χ3n) is 8.06. The highest BCUT2D eigenvalue weighted by molar-refractivity contribution is 6.33. The Kier molecular flexibility index (Phi) is 6.87. The lowest BCUT2D eigenvalue weighted by molar-refractivity contribution is -0.0893. The van der Waals surface area contributed by atoms with Gasteiger partial charge in [-0.3, -0.25) is 0 Å². The van der Waals surface area contributed by atoms with Crippen LogP contribution in [0.15, 0.2) is 42.6 Å². The van der Waals surface area contributed by atoms with Crippen LogP contribution in [-0.2, 0) is 21.4 Å². The number of nitrogens with zero attached hydrogens (tertiary/aromatic N) is 5. The molecule has 3 aliphatic heterocycles. The minimum absolute atomic E-state index is 0.139. The minimum atomic E-state index is -0.257. The number of rotatable bonds is 6. The van der Waals surface area contributed by atoms with Crippen molar-refractivity contribution in [3.8, 4) is 0 Å². The maximum absolute atomic E-state index is 6.70. The van der Waals surface area contributed by atoms with E-state index >= 15 is 0 Å². The van der Waals surface area contributed by atoms with Crippen LogP contribution in [0, 0.1) is 0 Å². The molecule has 0 radical (unpaired) electrons. The van der Waals surface area contributed by atoms with Crippen LogP contribution in [0.25, 0.3) is 0 Å². The maximum atomic E-state index is 6.70. The van der Waals surface area contributed by atoms with Crippen LogP contribution in [0.2, 0.25) is 5.02 Å². The van der Waals surface area contributed by atoms with Gasteiger partial charge >= 0.3 is 0 Å². The molecule has 0 spiro atoms. The molecule has 5 heterocycles. The van der Waals surface area contributed by atoms with Crippen molar-refractivity contribution in [2.75, 3.05) is 55.1 Å². The smallest absolute Gasteiger partial charge is 0.229 e. The Bertz CT molecular complexity index is 1360. The van der Waals surface area contributed by atoms with Crippen LogP contribution in [0.5, 0.6) is 0 Å². The number of benzene rings is 1. The summed E-state index contributed by atoms with van der Waals surface area (Å²) in [4.78, 5) is 19.3. The summed E-state index contributed by atoms with van der Waals surface area (Å²) < 4.78 is 11.8. The topological polar surface area (TPSA) is 87.7 Å². The van der Waals surface area contributed by atoms with Crippen LogP contribution >= 0.6 is 11.6 Å². The van der Waals surface area contributed by atoms with Gasteiger partial charge in [-0.2, -0.15) is 4.98 Å². The van der Waals surface area contributed by atoms with Crippen molar-refractivity contribution in [1.82, 2.24) is 20.3 Å². The summed E-state index contributed by atoms with van der Waals surface area (Å²) in [6.45, 7) is 10.9. The second kappa shape index (κ2) is 10.2. The van der Waals surface area contributed by atoms with Gasteiger partial charge in [0.1, 0.15) is 11.6 Å². The highest BCUT2D eigenvalue weighted by Gasteiger charge is 2.55. The summed E-state index contributed by atoms with van der Waals surface area (Å²) in [5, 5.41) is 7.28. The van der Waals surface area contributed by atoms with Gasteiger partial charge in [0.15, 0.2) is 0 Å². The Balaban J connectivity index is 1.35. The number of anilines is 5. The van der Waals surface area contributed by atoms with Gasteiger partial charge in [-0.15, -0.1) is 0 Å². The molecular formula is C29H36ClN7O2. The van der Waals surface area contributed by atoms with Crippen molar-refractivity contribution in [2.45, 2.75) is 50.8 Å². The Morgan fingerprint density at radius 1 is 1.10 bits per heavy atom. The highest BCUT2D eigenvalue weighted by Crippen LogP contribution is 2.53. The van der Waals surface area contributed by atoms with E-state index in [1.165, 1.54) is 0 Å². The number of ether oxygens (including phenoxy) is 2. The minimum Gasteiger partial charge on any atom is -0.378 e. The van der Waals surface area contributed by atoms with E-state index in [1.54, 1.807) is 0 Å². The van der Waals surface area contributed by atoms with Gasteiger partial charge in [-0.1, -0.05) is 24.6 Å². The first kappa shape index (κ1) is 26.3. The summed E-state index contributed by atoms with van der Waals surface area (Å²) in [7, 11) is 1.93. The van der Waals surface area contributed by atoms with Gasteiger partial charge in [0, 0.05) is 42.5 Å². The summed E-state index contributed by atoms with van der Waals surface area (Å²) in [6.07, 6.45) is 2.79. The number of pyridine rings is 1. The first-order valence-corrected chi connectivity index (χ1v) is 14.0. The van der Waals surface area contributed by atoms with Crippen molar-refractivity contribution < 1.29 is 9.47 Å². The molecule has 0 saturated carbocycles. The van der Waals surface area contributed by atoms with Crippen molar-refractivity contribution in [3.63, 3.8) is 0 Å². The van der Waals surface area contributed by atoms with Gasteiger partial charge in [-0.05, 0) is 57.6 Å². The summed E-state index contributed by atoms with van der Waals surface area (Å²) in [5.74, 6) is 2.27. The Morgan fingerprint density at radius 3 is 2.69 bits per heavy atom. The van der Waals surface area contributed by atoms with Gasteiger partial charge < -0.3 is 29.9 Å². The fourth-order valence-corrected chi connectivity index (χ4v) is 6.22. The first-order chi connectivity index (χ1) is 18.8. The molecule has 2 aromatic heterocycles. The number of halogens is 1. The number of nitrogens with one attached hydrogen (secondary N) is 2. The standard InChI is InChI=1S/C29H36ClN7O2/c1-28(2)15-24-29(3,18-39-28)21-17-32-27(35-26(21)37(24)25-7-5-6-20(33-25)16-31-4)34-19-8-9-23(22(30)14-19)36-10-12-38-13-11-36/h5-9,14,17,24,31H,10-13,15-16,18H2,1-4H3,(H,32,34,35). The van der Waals surface area contributed by atoms with Crippen molar-refractivity contribution in [3.05, 3.63) is 58.9 Å².